The van der Waals surface area contributed by atoms with Crippen LogP contribution in [0.4, 0.5) is 9.52 Å². The van der Waals surface area contributed by atoms with E-state index in [-0.39, 0.29) is 11.7 Å². The van der Waals surface area contributed by atoms with Crippen molar-refractivity contribution in [3.05, 3.63) is 35.0 Å². The van der Waals surface area contributed by atoms with Gasteiger partial charge < -0.3 is 10.3 Å². The molecule has 2 aromatic heterocycles. The van der Waals surface area contributed by atoms with Crippen molar-refractivity contribution in [2.24, 2.45) is 0 Å². The summed E-state index contributed by atoms with van der Waals surface area (Å²) in [5.74, 6) is 0.283. The van der Waals surface area contributed by atoms with Gasteiger partial charge in [-0.2, -0.15) is 4.98 Å². The summed E-state index contributed by atoms with van der Waals surface area (Å²) in [5.41, 5.74) is 7.19. The van der Waals surface area contributed by atoms with Crippen LogP contribution in [0.3, 0.4) is 0 Å². The summed E-state index contributed by atoms with van der Waals surface area (Å²) < 4.78 is 18.6. The zero-order valence-corrected chi connectivity index (χ0v) is 10.7. The Morgan fingerprint density at radius 3 is 2.84 bits per heavy atom. The van der Waals surface area contributed by atoms with Crippen LogP contribution < -0.4 is 5.73 Å². The Hall–Kier alpha value is -2.28. The molecule has 19 heavy (non-hydrogen) atoms. The molecule has 0 atom stereocenters. The molecule has 96 valence electrons. The quantitative estimate of drug-likeness (QED) is 0.778. The largest absolute Gasteiger partial charge is 0.375 e. The maximum Gasteiger partial charge on any atom is 0.277 e. The smallest absolute Gasteiger partial charge is 0.277 e. The van der Waals surface area contributed by atoms with Crippen LogP contribution in [0.5, 0.6) is 0 Å². The number of nitrogens with two attached hydrogens (primary N) is 1. The number of halogens is 1. The predicted octanol–water partition coefficient (Wildman–Crippen LogP) is 2.89. The lowest BCUT2D eigenvalue weighted by Crippen LogP contribution is -1.86. The molecule has 2 heterocycles. The Morgan fingerprint density at radius 2 is 2.16 bits per heavy atom. The molecule has 0 bridgehead atoms. The number of hydrogen-bond donors (Lipinski definition) is 1. The minimum atomic E-state index is -0.304. The Labute approximate surface area is 111 Å². The first-order valence-electron chi connectivity index (χ1n) is 5.45. The van der Waals surface area contributed by atoms with Gasteiger partial charge in [0, 0.05) is 10.9 Å². The summed E-state index contributed by atoms with van der Waals surface area (Å²) in [6.45, 7) is 1.69. The third-order valence-corrected chi connectivity index (χ3v) is 3.27. The van der Waals surface area contributed by atoms with Crippen molar-refractivity contribution >= 4 is 16.5 Å². The molecule has 0 saturated heterocycles. The van der Waals surface area contributed by atoms with Crippen molar-refractivity contribution in [1.29, 1.82) is 0 Å². The minimum absolute atomic E-state index is 0.268. The maximum atomic E-state index is 13.5. The molecular weight excluding hydrogens is 267 g/mol. The number of rotatable bonds is 2. The number of benzene rings is 1. The van der Waals surface area contributed by atoms with Gasteiger partial charge in [-0.25, -0.2) is 9.37 Å². The van der Waals surface area contributed by atoms with Crippen LogP contribution in [0, 0.1) is 12.7 Å². The van der Waals surface area contributed by atoms with Gasteiger partial charge in [-0.1, -0.05) is 17.3 Å². The number of aryl methyl sites for hydroxylation is 1. The number of aromatic nitrogens is 3. The average molecular weight is 276 g/mol. The number of nitrogens with zero attached hydrogens (tertiary/aromatic N) is 3. The molecule has 5 nitrogen and oxygen atoms in total. The SMILES string of the molecule is Cc1ccc(-c2noc(-c3csc(N)n3)n2)cc1F. The van der Waals surface area contributed by atoms with Crippen LogP contribution >= 0.6 is 11.3 Å². The molecule has 3 rings (SSSR count). The van der Waals surface area contributed by atoms with E-state index >= 15 is 0 Å². The molecule has 0 unspecified atom stereocenters. The molecule has 0 radical (unpaired) electrons. The number of anilines is 1. The molecule has 0 aliphatic heterocycles. The van der Waals surface area contributed by atoms with Crippen molar-refractivity contribution in [2.75, 3.05) is 5.73 Å². The molecular formula is C12H9FN4OS. The molecule has 0 amide bonds. The van der Waals surface area contributed by atoms with E-state index in [9.17, 15) is 4.39 Å². The first-order valence-corrected chi connectivity index (χ1v) is 6.33. The molecule has 7 heteroatoms. The lowest BCUT2D eigenvalue weighted by Gasteiger charge is -1.97. The molecule has 0 saturated carbocycles. The number of nitrogen functional groups attached to an aromatic ring is 1. The monoisotopic (exact) mass is 276 g/mol. The highest BCUT2D eigenvalue weighted by Crippen LogP contribution is 2.25. The normalized spacial score (nSPS) is 10.8. The Bertz CT molecular complexity index is 737. The standard InChI is InChI=1S/C12H9FN4OS/c1-6-2-3-7(4-8(6)13)10-16-11(18-17-10)9-5-19-12(14)15-9/h2-5H,1H3,(H2,14,15). The zero-order valence-electron chi connectivity index (χ0n) is 9.92. The predicted molar refractivity (Wildman–Crippen MR) is 69.9 cm³/mol. The van der Waals surface area contributed by atoms with Gasteiger partial charge in [0.05, 0.1) is 0 Å². The van der Waals surface area contributed by atoms with Gasteiger partial charge in [0.15, 0.2) is 5.13 Å². The minimum Gasteiger partial charge on any atom is -0.375 e. The van der Waals surface area contributed by atoms with E-state index in [1.807, 2.05) is 0 Å². The van der Waals surface area contributed by atoms with Gasteiger partial charge >= 0.3 is 0 Å². The van der Waals surface area contributed by atoms with E-state index in [1.165, 1.54) is 17.4 Å². The third kappa shape index (κ3) is 2.19. The van der Waals surface area contributed by atoms with E-state index in [1.54, 1.807) is 24.4 Å². The summed E-state index contributed by atoms with van der Waals surface area (Å²) in [6, 6.07) is 4.78. The van der Waals surface area contributed by atoms with Crippen LogP contribution in [0.2, 0.25) is 0 Å². The van der Waals surface area contributed by atoms with Crippen molar-refractivity contribution in [3.63, 3.8) is 0 Å². The van der Waals surface area contributed by atoms with Crippen LogP contribution in [-0.2, 0) is 0 Å². The van der Waals surface area contributed by atoms with Crippen molar-refractivity contribution in [1.82, 2.24) is 15.1 Å². The van der Waals surface area contributed by atoms with Crippen LogP contribution in [0.1, 0.15) is 5.56 Å². The molecule has 0 spiro atoms. The second-order valence-electron chi connectivity index (χ2n) is 3.96. The highest BCUT2D eigenvalue weighted by atomic mass is 32.1. The molecule has 2 N–H and O–H groups in total. The maximum absolute atomic E-state index is 13.5. The Morgan fingerprint density at radius 1 is 1.32 bits per heavy atom. The molecule has 0 aliphatic carbocycles. The fourth-order valence-electron chi connectivity index (χ4n) is 1.56. The summed E-state index contributed by atoms with van der Waals surface area (Å²) in [5, 5.41) is 5.97. The highest BCUT2D eigenvalue weighted by Gasteiger charge is 2.13. The second-order valence-corrected chi connectivity index (χ2v) is 4.85. The first-order chi connectivity index (χ1) is 9.13. The van der Waals surface area contributed by atoms with E-state index in [0.29, 0.717) is 27.8 Å². The summed E-state index contributed by atoms with van der Waals surface area (Å²) >= 11 is 1.29. The van der Waals surface area contributed by atoms with E-state index in [4.69, 9.17) is 10.3 Å². The molecule has 1 aromatic carbocycles. The zero-order chi connectivity index (χ0) is 13.4. The summed E-state index contributed by atoms with van der Waals surface area (Å²) in [6.07, 6.45) is 0. The van der Waals surface area contributed by atoms with Gasteiger partial charge in [0.25, 0.3) is 5.89 Å². The van der Waals surface area contributed by atoms with Crippen LogP contribution in [-0.4, -0.2) is 15.1 Å². The van der Waals surface area contributed by atoms with Crippen molar-refractivity contribution in [3.8, 4) is 23.0 Å². The third-order valence-electron chi connectivity index (χ3n) is 2.60. The fraction of sp³-hybridized carbons (Fsp3) is 0.0833. The molecule has 0 aliphatic rings. The lowest BCUT2D eigenvalue weighted by molar-refractivity contribution is 0.431. The van der Waals surface area contributed by atoms with E-state index in [2.05, 4.69) is 15.1 Å². The fourth-order valence-corrected chi connectivity index (χ4v) is 2.10. The van der Waals surface area contributed by atoms with E-state index < -0.39 is 0 Å². The van der Waals surface area contributed by atoms with Gasteiger partial charge in [0.2, 0.25) is 5.82 Å². The highest BCUT2D eigenvalue weighted by molar-refractivity contribution is 7.13. The Balaban J connectivity index is 1.98. The van der Waals surface area contributed by atoms with Gasteiger partial charge in [-0.05, 0) is 18.6 Å². The lowest BCUT2D eigenvalue weighted by atomic mass is 10.1. The topological polar surface area (TPSA) is 77.8 Å². The second kappa shape index (κ2) is 4.43. The van der Waals surface area contributed by atoms with Crippen molar-refractivity contribution < 1.29 is 8.91 Å². The van der Waals surface area contributed by atoms with Gasteiger partial charge in [0.1, 0.15) is 11.5 Å². The molecule has 0 fully saturated rings. The first kappa shape index (κ1) is 11.8. The van der Waals surface area contributed by atoms with E-state index in [0.717, 1.165) is 0 Å². The number of thiazole rings is 1. The molecule has 3 aromatic rings. The summed E-state index contributed by atoms with van der Waals surface area (Å²) in [4.78, 5) is 8.22. The number of hydrogen-bond acceptors (Lipinski definition) is 6. The van der Waals surface area contributed by atoms with Crippen LogP contribution in [0.15, 0.2) is 28.1 Å². The van der Waals surface area contributed by atoms with Gasteiger partial charge in [-0.3, -0.25) is 0 Å². The summed E-state index contributed by atoms with van der Waals surface area (Å²) in [7, 11) is 0. The van der Waals surface area contributed by atoms with Gasteiger partial charge in [-0.15, -0.1) is 11.3 Å². The van der Waals surface area contributed by atoms with Crippen molar-refractivity contribution in [2.45, 2.75) is 6.92 Å². The van der Waals surface area contributed by atoms with Crippen LogP contribution in [0.25, 0.3) is 23.0 Å². The Kier molecular flexibility index (Phi) is 2.75. The average Bonchev–Trinajstić information content (AvgIpc) is 3.01.